The molecule has 1 unspecified atom stereocenters. The van der Waals surface area contributed by atoms with Crippen molar-refractivity contribution in [2.45, 2.75) is 32.2 Å². The zero-order chi connectivity index (χ0) is 11.1. The van der Waals surface area contributed by atoms with Gasteiger partial charge in [0.2, 0.25) is 0 Å². The smallest absolute Gasteiger partial charge is 0.0469 e. The van der Waals surface area contributed by atoms with Crippen molar-refractivity contribution in [1.82, 2.24) is 10.2 Å². The summed E-state index contributed by atoms with van der Waals surface area (Å²) in [5, 5.41) is 3.27. The van der Waals surface area contributed by atoms with Gasteiger partial charge in [-0.2, -0.15) is 0 Å². The van der Waals surface area contributed by atoms with Crippen LogP contribution < -0.4 is 5.32 Å². The van der Waals surface area contributed by atoms with Gasteiger partial charge in [-0.25, -0.2) is 0 Å². The van der Waals surface area contributed by atoms with E-state index in [-0.39, 0.29) is 0 Å². The molecule has 1 N–H and O–H groups in total. The number of ether oxygens (including phenoxy) is 1. The molecule has 1 heterocycles. The summed E-state index contributed by atoms with van der Waals surface area (Å²) in [5.41, 5.74) is 0. The van der Waals surface area contributed by atoms with Gasteiger partial charge in [0.1, 0.15) is 0 Å². The summed E-state index contributed by atoms with van der Waals surface area (Å²) in [7, 11) is 4.28. The average molecular weight is 214 g/mol. The molecule has 1 aliphatic rings. The topological polar surface area (TPSA) is 24.5 Å². The molecule has 0 amide bonds. The van der Waals surface area contributed by atoms with Crippen molar-refractivity contribution in [2.75, 3.05) is 40.4 Å². The van der Waals surface area contributed by atoms with E-state index in [0.29, 0.717) is 6.04 Å². The highest BCUT2D eigenvalue weighted by atomic mass is 16.5. The fourth-order valence-electron chi connectivity index (χ4n) is 2.33. The number of rotatable bonds is 6. The lowest BCUT2D eigenvalue weighted by molar-refractivity contribution is 0.0501. The summed E-state index contributed by atoms with van der Waals surface area (Å²) in [4.78, 5) is 2.51. The lowest BCUT2D eigenvalue weighted by Crippen LogP contribution is -2.41. The molecule has 0 aromatic rings. The van der Waals surface area contributed by atoms with E-state index in [4.69, 9.17) is 4.74 Å². The molecular weight excluding hydrogens is 188 g/mol. The maximum Gasteiger partial charge on any atom is 0.0469 e. The van der Waals surface area contributed by atoms with Crippen LogP contribution in [0, 0.1) is 5.92 Å². The fourth-order valence-corrected chi connectivity index (χ4v) is 2.33. The fraction of sp³-hybridized carbons (Fsp3) is 1.00. The van der Waals surface area contributed by atoms with Crippen LogP contribution in [-0.4, -0.2) is 51.3 Å². The number of nitrogens with zero attached hydrogens (tertiary/aromatic N) is 1. The van der Waals surface area contributed by atoms with Crippen LogP contribution in [0.4, 0.5) is 0 Å². The van der Waals surface area contributed by atoms with Crippen LogP contribution in [0.3, 0.4) is 0 Å². The van der Waals surface area contributed by atoms with Gasteiger partial charge in [-0.1, -0.05) is 6.92 Å². The number of nitrogens with one attached hydrogen (secondary N) is 1. The van der Waals surface area contributed by atoms with Gasteiger partial charge in [-0.05, 0) is 39.3 Å². The molecule has 1 aliphatic heterocycles. The van der Waals surface area contributed by atoms with Gasteiger partial charge in [0.15, 0.2) is 0 Å². The van der Waals surface area contributed by atoms with E-state index in [1.807, 2.05) is 7.05 Å². The van der Waals surface area contributed by atoms with Gasteiger partial charge < -0.3 is 15.0 Å². The van der Waals surface area contributed by atoms with Crippen LogP contribution in [0.2, 0.25) is 0 Å². The predicted octanol–water partition coefficient (Wildman–Crippen LogP) is 1.34. The summed E-state index contributed by atoms with van der Waals surface area (Å²) in [6.45, 7) is 6.50. The highest BCUT2D eigenvalue weighted by Crippen LogP contribution is 2.16. The Kier molecular flexibility index (Phi) is 6.22. The first-order chi connectivity index (χ1) is 7.27. The Hall–Kier alpha value is -0.120. The van der Waals surface area contributed by atoms with Crippen LogP contribution in [0.25, 0.3) is 0 Å². The summed E-state index contributed by atoms with van der Waals surface area (Å²) in [6.07, 6.45) is 3.70. The third-order valence-corrected chi connectivity index (χ3v) is 3.42. The molecular formula is C12H26N2O. The first kappa shape index (κ1) is 12.9. The minimum Gasteiger partial charge on any atom is -0.381 e. The second kappa shape index (κ2) is 7.20. The molecule has 1 saturated heterocycles. The Labute approximate surface area is 94.2 Å². The molecule has 1 rings (SSSR count). The molecule has 0 bridgehead atoms. The van der Waals surface area contributed by atoms with Gasteiger partial charge in [-0.3, -0.25) is 0 Å². The van der Waals surface area contributed by atoms with Crippen LogP contribution in [0.1, 0.15) is 26.2 Å². The summed E-state index contributed by atoms with van der Waals surface area (Å²) < 4.78 is 5.38. The summed E-state index contributed by atoms with van der Waals surface area (Å²) >= 11 is 0. The van der Waals surface area contributed by atoms with Crippen molar-refractivity contribution in [3.05, 3.63) is 0 Å². The zero-order valence-electron chi connectivity index (χ0n) is 10.5. The first-order valence-corrected chi connectivity index (χ1v) is 6.20. The molecule has 0 spiro atoms. The Morgan fingerprint density at radius 1 is 1.40 bits per heavy atom. The predicted molar refractivity (Wildman–Crippen MR) is 64.2 cm³/mol. The number of hydrogen-bond acceptors (Lipinski definition) is 3. The van der Waals surface area contributed by atoms with Crippen LogP contribution in [0.5, 0.6) is 0 Å². The minimum atomic E-state index is 0.679. The lowest BCUT2D eigenvalue weighted by Gasteiger charge is -2.32. The van der Waals surface area contributed by atoms with Gasteiger partial charge in [-0.15, -0.1) is 0 Å². The van der Waals surface area contributed by atoms with E-state index < -0.39 is 0 Å². The molecule has 0 saturated carbocycles. The summed E-state index contributed by atoms with van der Waals surface area (Å²) in [5.74, 6) is 0.842. The Bertz CT molecular complexity index is 158. The Balaban J connectivity index is 2.27. The van der Waals surface area contributed by atoms with E-state index in [1.165, 1.54) is 25.8 Å². The second-order valence-electron chi connectivity index (χ2n) is 4.62. The van der Waals surface area contributed by atoms with Crippen molar-refractivity contribution >= 4 is 0 Å². The van der Waals surface area contributed by atoms with Crippen molar-refractivity contribution in [2.24, 2.45) is 5.92 Å². The van der Waals surface area contributed by atoms with Crippen LogP contribution in [-0.2, 0) is 4.74 Å². The van der Waals surface area contributed by atoms with Crippen molar-refractivity contribution in [3.8, 4) is 0 Å². The van der Waals surface area contributed by atoms with Gasteiger partial charge in [0.05, 0.1) is 0 Å². The summed E-state index contributed by atoms with van der Waals surface area (Å²) in [6, 6.07) is 0.679. The quantitative estimate of drug-likeness (QED) is 0.722. The lowest BCUT2D eigenvalue weighted by atomic mass is 9.99. The largest absolute Gasteiger partial charge is 0.381 e. The maximum absolute atomic E-state index is 5.38. The molecule has 0 aliphatic carbocycles. The molecule has 15 heavy (non-hydrogen) atoms. The third-order valence-electron chi connectivity index (χ3n) is 3.42. The van der Waals surface area contributed by atoms with Gasteiger partial charge >= 0.3 is 0 Å². The Morgan fingerprint density at radius 3 is 2.60 bits per heavy atom. The van der Waals surface area contributed by atoms with E-state index >= 15 is 0 Å². The second-order valence-corrected chi connectivity index (χ2v) is 4.62. The highest BCUT2D eigenvalue weighted by molar-refractivity contribution is 4.73. The number of likely N-dealkylation sites (N-methyl/N-ethyl adjacent to an activating group) is 2. The molecule has 1 atom stereocenters. The zero-order valence-corrected chi connectivity index (χ0v) is 10.5. The highest BCUT2D eigenvalue weighted by Gasteiger charge is 2.19. The molecule has 1 fully saturated rings. The molecule has 0 aromatic carbocycles. The van der Waals surface area contributed by atoms with Crippen molar-refractivity contribution in [3.63, 3.8) is 0 Å². The van der Waals surface area contributed by atoms with Gasteiger partial charge in [0.25, 0.3) is 0 Å². The van der Waals surface area contributed by atoms with Gasteiger partial charge in [0, 0.05) is 32.3 Å². The molecule has 3 heteroatoms. The van der Waals surface area contributed by atoms with Crippen molar-refractivity contribution in [1.29, 1.82) is 0 Å². The van der Waals surface area contributed by atoms with Crippen LogP contribution in [0.15, 0.2) is 0 Å². The number of hydrogen-bond donors (Lipinski definition) is 1. The SMILES string of the molecule is CCC(CNC)N(C)CC1CCOCC1. The van der Waals surface area contributed by atoms with E-state index in [1.54, 1.807) is 0 Å². The molecule has 3 nitrogen and oxygen atoms in total. The monoisotopic (exact) mass is 214 g/mol. The Morgan fingerprint density at radius 2 is 2.07 bits per heavy atom. The average Bonchev–Trinajstić information content (AvgIpc) is 2.27. The van der Waals surface area contributed by atoms with E-state index in [2.05, 4.69) is 24.2 Å². The van der Waals surface area contributed by atoms with Crippen molar-refractivity contribution < 1.29 is 4.74 Å². The standard InChI is InChI=1S/C12H26N2O/c1-4-12(9-13-2)14(3)10-11-5-7-15-8-6-11/h11-13H,4-10H2,1-3H3. The van der Waals surface area contributed by atoms with E-state index in [9.17, 15) is 0 Å². The maximum atomic E-state index is 5.38. The minimum absolute atomic E-state index is 0.679. The molecule has 0 aromatic heterocycles. The molecule has 90 valence electrons. The first-order valence-electron chi connectivity index (χ1n) is 6.20. The molecule has 0 radical (unpaired) electrons. The van der Waals surface area contributed by atoms with Crippen LogP contribution >= 0.6 is 0 Å². The van der Waals surface area contributed by atoms with E-state index in [0.717, 1.165) is 25.7 Å². The third kappa shape index (κ3) is 4.49. The normalized spacial score (nSPS) is 20.8.